The maximum Gasteiger partial charge on any atom is 0.216 e. The first-order valence-electron chi connectivity index (χ1n) is 7.27. The van der Waals surface area contributed by atoms with Crippen LogP contribution in [0.3, 0.4) is 0 Å². The maximum atomic E-state index is 10.9. The maximum absolute atomic E-state index is 10.9. The summed E-state index contributed by atoms with van der Waals surface area (Å²) in [6.45, 7) is 4.46. The number of nitrogens with one attached hydrogen (secondary N) is 1. The van der Waals surface area contributed by atoms with Crippen molar-refractivity contribution in [3.63, 3.8) is 0 Å². The number of carbonyl (C=O) groups excluding carboxylic acids is 1. The van der Waals surface area contributed by atoms with Gasteiger partial charge in [0.05, 0.1) is 0 Å². The number of amides is 1. The van der Waals surface area contributed by atoms with Gasteiger partial charge in [0.25, 0.3) is 0 Å². The molecule has 0 fully saturated rings. The van der Waals surface area contributed by atoms with E-state index in [0.29, 0.717) is 5.92 Å². The topological polar surface area (TPSA) is 29.1 Å². The van der Waals surface area contributed by atoms with Crippen molar-refractivity contribution in [2.24, 2.45) is 0 Å². The van der Waals surface area contributed by atoms with Crippen molar-refractivity contribution in [1.29, 1.82) is 0 Å². The first-order valence-corrected chi connectivity index (χ1v) is 8.86. The van der Waals surface area contributed by atoms with Crippen LogP contribution in [0.5, 0.6) is 0 Å². The van der Waals surface area contributed by atoms with Gasteiger partial charge in [0.2, 0.25) is 5.91 Å². The van der Waals surface area contributed by atoms with Gasteiger partial charge < -0.3 is 5.32 Å². The minimum absolute atomic E-state index is 0.0302. The van der Waals surface area contributed by atoms with E-state index in [4.69, 9.17) is 0 Å². The van der Waals surface area contributed by atoms with E-state index >= 15 is 0 Å². The zero-order valence-corrected chi connectivity index (χ0v) is 15.9. The third-order valence-corrected chi connectivity index (χ3v) is 4.82. The van der Waals surface area contributed by atoms with Gasteiger partial charge in [-0.1, -0.05) is 69.1 Å². The molecule has 1 amide bonds. The summed E-state index contributed by atoms with van der Waals surface area (Å²) in [6, 6.07) is 14.8. The second kappa shape index (κ2) is 7.93. The van der Waals surface area contributed by atoms with Crippen molar-refractivity contribution in [2.45, 2.75) is 26.2 Å². The van der Waals surface area contributed by atoms with Crippen molar-refractivity contribution in [3.8, 4) is 11.1 Å². The van der Waals surface area contributed by atoms with E-state index in [-0.39, 0.29) is 5.91 Å². The first-order chi connectivity index (χ1) is 10.5. The molecule has 2 rings (SSSR count). The minimum Gasteiger partial charge on any atom is -0.356 e. The average molecular weight is 425 g/mol. The molecule has 0 spiro atoms. The summed E-state index contributed by atoms with van der Waals surface area (Å²) in [6.07, 6.45) is 0.945. The van der Waals surface area contributed by atoms with Gasteiger partial charge in [-0.25, -0.2) is 0 Å². The van der Waals surface area contributed by atoms with E-state index in [1.165, 1.54) is 16.7 Å². The van der Waals surface area contributed by atoms with Gasteiger partial charge in [0.15, 0.2) is 0 Å². The van der Waals surface area contributed by atoms with E-state index in [9.17, 15) is 4.79 Å². The molecular weight excluding hydrogens is 406 g/mol. The average Bonchev–Trinajstić information content (AvgIpc) is 2.47. The van der Waals surface area contributed by atoms with Gasteiger partial charge in [-0.05, 0) is 41.2 Å². The Balaban J connectivity index is 2.08. The van der Waals surface area contributed by atoms with Crippen LogP contribution in [0.4, 0.5) is 0 Å². The zero-order chi connectivity index (χ0) is 16.1. The van der Waals surface area contributed by atoms with Gasteiger partial charge in [0, 0.05) is 22.4 Å². The molecule has 0 saturated heterocycles. The smallest absolute Gasteiger partial charge is 0.216 e. The Hall–Kier alpha value is -1.13. The summed E-state index contributed by atoms with van der Waals surface area (Å²) in [4.78, 5) is 10.9. The van der Waals surface area contributed by atoms with Crippen LogP contribution in [0, 0.1) is 0 Å². The first kappa shape index (κ1) is 17.2. The van der Waals surface area contributed by atoms with Gasteiger partial charge in [-0.2, -0.15) is 0 Å². The summed E-state index contributed by atoms with van der Waals surface area (Å²) in [5, 5.41) is 2.85. The Morgan fingerprint density at radius 3 is 2.41 bits per heavy atom. The Bertz CT molecular complexity index is 653. The third kappa shape index (κ3) is 4.68. The number of hydrogen-bond donors (Lipinski definition) is 1. The number of carbonyl (C=O) groups is 1. The van der Waals surface area contributed by atoms with E-state index in [1.54, 1.807) is 6.92 Å². The number of rotatable bonds is 5. The molecule has 0 aliphatic heterocycles. The fourth-order valence-electron chi connectivity index (χ4n) is 2.35. The number of halogens is 2. The Morgan fingerprint density at radius 2 is 1.82 bits per heavy atom. The summed E-state index contributed by atoms with van der Waals surface area (Å²) in [7, 11) is 0. The molecule has 4 heteroatoms. The molecule has 0 aromatic heterocycles. The highest BCUT2D eigenvalue weighted by atomic mass is 79.9. The Morgan fingerprint density at radius 1 is 1.14 bits per heavy atom. The standard InChI is InChI=1S/C18H19Br2NO/c1-12(9-10-21-13(2)22)14-3-5-15(6-4-14)17-8-7-16(19)11-18(17)20/h3-8,11-12H,9-10H2,1-2H3,(H,21,22). The highest BCUT2D eigenvalue weighted by Gasteiger charge is 2.08. The van der Waals surface area contributed by atoms with Gasteiger partial charge in [-0.15, -0.1) is 0 Å². The lowest BCUT2D eigenvalue weighted by molar-refractivity contribution is -0.118. The van der Waals surface area contributed by atoms with E-state index < -0.39 is 0 Å². The largest absolute Gasteiger partial charge is 0.356 e. The molecule has 0 heterocycles. The van der Waals surface area contributed by atoms with Crippen LogP contribution in [-0.4, -0.2) is 12.5 Å². The Kier molecular flexibility index (Phi) is 6.21. The molecule has 0 bridgehead atoms. The van der Waals surface area contributed by atoms with Crippen LogP contribution in [0.2, 0.25) is 0 Å². The van der Waals surface area contributed by atoms with E-state index in [0.717, 1.165) is 21.9 Å². The van der Waals surface area contributed by atoms with Gasteiger partial charge in [-0.3, -0.25) is 4.79 Å². The minimum atomic E-state index is 0.0302. The molecule has 1 unspecified atom stereocenters. The lowest BCUT2D eigenvalue weighted by atomic mass is 9.95. The molecule has 2 aromatic carbocycles. The lowest BCUT2D eigenvalue weighted by Crippen LogP contribution is -2.22. The summed E-state index contributed by atoms with van der Waals surface area (Å²) in [5.41, 5.74) is 3.67. The quantitative estimate of drug-likeness (QED) is 0.673. The predicted molar refractivity (Wildman–Crippen MR) is 99.0 cm³/mol. The summed E-state index contributed by atoms with van der Waals surface area (Å²) < 4.78 is 2.14. The molecule has 0 radical (unpaired) electrons. The SMILES string of the molecule is CC(=O)NCCC(C)c1ccc(-c2ccc(Br)cc2Br)cc1. The van der Waals surface area contributed by atoms with Crippen LogP contribution >= 0.6 is 31.9 Å². The fraction of sp³-hybridized carbons (Fsp3) is 0.278. The van der Waals surface area contributed by atoms with Gasteiger partial charge in [0.1, 0.15) is 0 Å². The molecule has 2 aromatic rings. The molecule has 0 aliphatic carbocycles. The van der Waals surface area contributed by atoms with Crippen molar-refractivity contribution >= 4 is 37.8 Å². The summed E-state index contributed by atoms with van der Waals surface area (Å²) >= 11 is 7.08. The second-order valence-corrected chi connectivity index (χ2v) is 7.19. The molecule has 116 valence electrons. The van der Waals surface area contributed by atoms with Crippen molar-refractivity contribution < 1.29 is 4.79 Å². The highest BCUT2D eigenvalue weighted by molar-refractivity contribution is 9.11. The van der Waals surface area contributed by atoms with Crippen LogP contribution < -0.4 is 5.32 Å². The normalized spacial score (nSPS) is 12.0. The van der Waals surface area contributed by atoms with Crippen LogP contribution in [-0.2, 0) is 4.79 Å². The van der Waals surface area contributed by atoms with Crippen molar-refractivity contribution in [3.05, 3.63) is 57.0 Å². The number of hydrogen-bond acceptors (Lipinski definition) is 1. The molecule has 0 aliphatic rings. The molecule has 2 nitrogen and oxygen atoms in total. The van der Waals surface area contributed by atoms with E-state index in [2.05, 4.69) is 80.5 Å². The molecule has 1 atom stereocenters. The van der Waals surface area contributed by atoms with Gasteiger partial charge >= 0.3 is 0 Å². The third-order valence-electron chi connectivity index (χ3n) is 3.67. The lowest BCUT2D eigenvalue weighted by Gasteiger charge is -2.13. The Labute approximate surface area is 148 Å². The van der Waals surface area contributed by atoms with Crippen LogP contribution in [0.1, 0.15) is 31.7 Å². The molecule has 22 heavy (non-hydrogen) atoms. The predicted octanol–water partition coefficient (Wildman–Crippen LogP) is 5.51. The second-order valence-electron chi connectivity index (χ2n) is 5.42. The zero-order valence-electron chi connectivity index (χ0n) is 12.7. The monoisotopic (exact) mass is 423 g/mol. The van der Waals surface area contributed by atoms with E-state index in [1.807, 2.05) is 6.07 Å². The molecular formula is C18H19Br2NO. The molecule has 1 N–H and O–H groups in total. The van der Waals surface area contributed by atoms with Crippen LogP contribution in [0.25, 0.3) is 11.1 Å². The highest BCUT2D eigenvalue weighted by Crippen LogP contribution is 2.31. The number of benzene rings is 2. The summed E-state index contributed by atoms with van der Waals surface area (Å²) in [5.74, 6) is 0.455. The molecule has 0 saturated carbocycles. The van der Waals surface area contributed by atoms with Crippen molar-refractivity contribution in [2.75, 3.05) is 6.54 Å². The van der Waals surface area contributed by atoms with Crippen molar-refractivity contribution in [1.82, 2.24) is 5.32 Å². The fourth-order valence-corrected chi connectivity index (χ4v) is 3.62. The van der Waals surface area contributed by atoms with Crippen LogP contribution in [0.15, 0.2) is 51.4 Å².